The summed E-state index contributed by atoms with van der Waals surface area (Å²) in [6.07, 6.45) is 0. The van der Waals surface area contributed by atoms with Gasteiger partial charge in [0.05, 0.1) is 22.6 Å². The molecule has 0 aliphatic carbocycles. The maximum absolute atomic E-state index is 12.4. The molecule has 0 saturated heterocycles. The molecule has 2 rings (SSSR count). The number of nitrogens with one attached hydrogen (secondary N) is 1. The molecule has 0 saturated carbocycles. The number of benzene rings is 2. The smallest absolute Gasteiger partial charge is 0.339 e. The van der Waals surface area contributed by atoms with Crippen LogP contribution in [0.25, 0.3) is 0 Å². The van der Waals surface area contributed by atoms with Crippen LogP contribution in [0.15, 0.2) is 47.4 Å². The van der Waals surface area contributed by atoms with Crippen molar-refractivity contribution in [2.45, 2.75) is 10.6 Å². The van der Waals surface area contributed by atoms with Gasteiger partial charge in [0.25, 0.3) is 0 Å². The zero-order chi connectivity index (χ0) is 19.2. The highest BCUT2D eigenvalue weighted by Crippen LogP contribution is 2.22. The van der Waals surface area contributed by atoms with Gasteiger partial charge in [-0.25, -0.2) is 17.9 Å². The van der Waals surface area contributed by atoms with Crippen LogP contribution in [0.3, 0.4) is 0 Å². The van der Waals surface area contributed by atoms with Gasteiger partial charge in [-0.3, -0.25) is 0 Å². The molecule has 1 N–H and O–H groups in total. The third kappa shape index (κ3) is 5.62. The number of carbonyl (C=O) groups excluding carboxylic acids is 1. The van der Waals surface area contributed by atoms with Crippen LogP contribution in [-0.2, 0) is 20.5 Å². The number of hydrogen-bond acceptors (Lipinski definition) is 5. The first kappa shape index (κ1) is 21.1. The lowest BCUT2D eigenvalue weighted by molar-refractivity contribution is 0.0600. The first-order valence-electron chi connectivity index (χ1n) is 7.54. The van der Waals surface area contributed by atoms with Gasteiger partial charge in [-0.1, -0.05) is 41.4 Å². The van der Waals surface area contributed by atoms with Gasteiger partial charge in [0.1, 0.15) is 0 Å². The Hall–Kier alpha value is -1.25. The fourth-order valence-corrected chi connectivity index (χ4v) is 4.59. The molecule has 0 aliphatic heterocycles. The van der Waals surface area contributed by atoms with Crippen molar-refractivity contribution in [2.24, 2.45) is 0 Å². The number of methoxy groups -OCH3 is 1. The molecule has 0 atom stereocenters. The normalized spacial score (nSPS) is 11.3. The Morgan fingerprint density at radius 2 is 1.88 bits per heavy atom. The van der Waals surface area contributed by atoms with Crippen molar-refractivity contribution in [3.05, 3.63) is 63.6 Å². The minimum Gasteiger partial charge on any atom is -0.465 e. The Bertz CT molecular complexity index is 888. The monoisotopic (exact) mass is 433 g/mol. The molecule has 0 radical (unpaired) electrons. The van der Waals surface area contributed by atoms with Gasteiger partial charge in [-0.2, -0.15) is 11.8 Å². The van der Waals surface area contributed by atoms with E-state index in [2.05, 4.69) is 9.46 Å². The van der Waals surface area contributed by atoms with E-state index in [1.165, 1.54) is 25.3 Å². The quantitative estimate of drug-likeness (QED) is 0.503. The minimum atomic E-state index is -3.75. The van der Waals surface area contributed by atoms with Crippen LogP contribution in [-0.4, -0.2) is 33.8 Å². The fraction of sp³-hybridized carbons (Fsp3) is 0.235. The zero-order valence-electron chi connectivity index (χ0n) is 13.9. The maximum atomic E-state index is 12.4. The first-order chi connectivity index (χ1) is 12.3. The van der Waals surface area contributed by atoms with E-state index in [0.29, 0.717) is 16.5 Å². The molecule has 2 aromatic carbocycles. The molecule has 2 aromatic rings. The fourth-order valence-electron chi connectivity index (χ4n) is 2.07. The molecular formula is C17H17Cl2NO4S2. The van der Waals surface area contributed by atoms with Gasteiger partial charge in [0.15, 0.2) is 0 Å². The van der Waals surface area contributed by atoms with Crippen LogP contribution in [0.4, 0.5) is 0 Å². The van der Waals surface area contributed by atoms with Crippen molar-refractivity contribution < 1.29 is 17.9 Å². The third-order valence-corrected chi connectivity index (χ3v) is 6.57. The van der Waals surface area contributed by atoms with Crippen molar-refractivity contribution in [1.82, 2.24) is 4.72 Å². The highest BCUT2D eigenvalue weighted by molar-refractivity contribution is 7.98. The molecule has 0 fully saturated rings. The SMILES string of the molecule is COC(=O)c1cc(S(=O)(=O)NCCSCc2ccccc2Cl)ccc1Cl. The highest BCUT2D eigenvalue weighted by atomic mass is 35.5. The van der Waals surface area contributed by atoms with E-state index < -0.39 is 16.0 Å². The lowest BCUT2D eigenvalue weighted by atomic mass is 10.2. The topological polar surface area (TPSA) is 72.5 Å². The van der Waals surface area contributed by atoms with Gasteiger partial charge in [-0.05, 0) is 29.8 Å². The number of ether oxygens (including phenoxy) is 1. The van der Waals surface area contributed by atoms with Crippen LogP contribution in [0.5, 0.6) is 0 Å². The van der Waals surface area contributed by atoms with Crippen molar-refractivity contribution >= 4 is 51.0 Å². The highest BCUT2D eigenvalue weighted by Gasteiger charge is 2.18. The third-order valence-electron chi connectivity index (χ3n) is 3.41. The van der Waals surface area contributed by atoms with Crippen molar-refractivity contribution in [1.29, 1.82) is 0 Å². The molecule has 0 aliphatic rings. The molecule has 0 heterocycles. The van der Waals surface area contributed by atoms with Gasteiger partial charge in [-0.15, -0.1) is 0 Å². The number of rotatable bonds is 8. The van der Waals surface area contributed by atoms with Crippen LogP contribution in [0, 0.1) is 0 Å². The van der Waals surface area contributed by atoms with Crippen LogP contribution >= 0.6 is 35.0 Å². The number of esters is 1. The van der Waals surface area contributed by atoms with E-state index in [9.17, 15) is 13.2 Å². The Morgan fingerprint density at radius 1 is 1.15 bits per heavy atom. The molecule has 9 heteroatoms. The molecule has 0 spiro atoms. The molecule has 5 nitrogen and oxygen atoms in total. The number of sulfonamides is 1. The summed E-state index contributed by atoms with van der Waals surface area (Å²) in [5.74, 6) is 0.568. The van der Waals surface area contributed by atoms with E-state index in [4.69, 9.17) is 23.2 Å². The second-order valence-electron chi connectivity index (χ2n) is 5.18. The van der Waals surface area contributed by atoms with Crippen molar-refractivity contribution in [3.8, 4) is 0 Å². The van der Waals surface area contributed by atoms with E-state index in [-0.39, 0.29) is 22.0 Å². The lowest BCUT2D eigenvalue weighted by Crippen LogP contribution is -2.26. The maximum Gasteiger partial charge on any atom is 0.339 e. The Balaban J connectivity index is 1.93. The molecule has 0 aromatic heterocycles. The number of carbonyl (C=O) groups is 1. The predicted octanol–water partition coefficient (Wildman–Crippen LogP) is 3.99. The number of halogens is 2. The number of thioether (sulfide) groups is 1. The molecular weight excluding hydrogens is 417 g/mol. The standard InChI is InChI=1S/C17H17Cl2NO4S2/c1-24-17(21)14-10-13(6-7-16(14)19)26(22,23)20-8-9-25-11-12-4-2-3-5-15(12)18/h2-7,10,20H,8-9,11H2,1H3. The van der Waals surface area contributed by atoms with Gasteiger partial charge in [0, 0.05) is 23.1 Å². The van der Waals surface area contributed by atoms with Gasteiger partial charge in [0.2, 0.25) is 10.0 Å². The van der Waals surface area contributed by atoms with Gasteiger partial charge >= 0.3 is 5.97 Å². The Labute approximate surface area is 167 Å². The molecule has 0 unspecified atom stereocenters. The Morgan fingerprint density at radius 3 is 2.58 bits per heavy atom. The van der Waals surface area contributed by atoms with E-state index in [1.54, 1.807) is 11.8 Å². The molecule has 26 heavy (non-hydrogen) atoms. The summed E-state index contributed by atoms with van der Waals surface area (Å²) < 4.78 is 31.8. The second kappa shape index (κ2) is 9.62. The minimum absolute atomic E-state index is 0.00476. The van der Waals surface area contributed by atoms with Crippen molar-refractivity contribution in [2.75, 3.05) is 19.4 Å². The zero-order valence-corrected chi connectivity index (χ0v) is 17.0. The summed E-state index contributed by atoms with van der Waals surface area (Å²) in [5.41, 5.74) is 1.01. The first-order valence-corrected chi connectivity index (χ1v) is 10.9. The molecule has 0 amide bonds. The van der Waals surface area contributed by atoms with Crippen LogP contribution in [0.1, 0.15) is 15.9 Å². The molecule has 140 valence electrons. The second-order valence-corrected chi connectivity index (χ2v) is 8.86. The summed E-state index contributed by atoms with van der Waals surface area (Å²) in [6, 6.07) is 11.4. The average molecular weight is 434 g/mol. The predicted molar refractivity (Wildman–Crippen MR) is 106 cm³/mol. The summed E-state index contributed by atoms with van der Waals surface area (Å²) in [6.45, 7) is 0.244. The average Bonchev–Trinajstić information content (AvgIpc) is 2.62. The summed E-state index contributed by atoms with van der Waals surface area (Å²) in [7, 11) is -2.55. The van der Waals surface area contributed by atoms with E-state index in [0.717, 1.165) is 5.56 Å². The largest absolute Gasteiger partial charge is 0.465 e. The van der Waals surface area contributed by atoms with Crippen LogP contribution in [0.2, 0.25) is 10.0 Å². The molecule has 0 bridgehead atoms. The Kier molecular flexibility index (Phi) is 7.79. The summed E-state index contributed by atoms with van der Waals surface area (Å²) in [5, 5.41) is 0.822. The number of hydrogen-bond donors (Lipinski definition) is 1. The van der Waals surface area contributed by atoms with Gasteiger partial charge < -0.3 is 4.74 Å². The summed E-state index contributed by atoms with van der Waals surface area (Å²) in [4.78, 5) is 11.6. The van der Waals surface area contributed by atoms with Crippen LogP contribution < -0.4 is 4.72 Å². The lowest BCUT2D eigenvalue weighted by Gasteiger charge is -2.09. The summed E-state index contributed by atoms with van der Waals surface area (Å²) >= 11 is 13.6. The van der Waals surface area contributed by atoms with E-state index in [1.807, 2.05) is 24.3 Å². The van der Waals surface area contributed by atoms with Crippen molar-refractivity contribution in [3.63, 3.8) is 0 Å². The van der Waals surface area contributed by atoms with E-state index >= 15 is 0 Å².